The molecule has 0 aliphatic heterocycles. The maximum absolute atomic E-state index is 11.9. The van der Waals surface area contributed by atoms with Crippen molar-refractivity contribution in [2.24, 2.45) is 0 Å². The van der Waals surface area contributed by atoms with Crippen molar-refractivity contribution in [2.45, 2.75) is 25.7 Å². The molecule has 0 atom stereocenters. The molecule has 3 rings (SSSR count). The highest BCUT2D eigenvalue weighted by Gasteiger charge is 2.18. The number of aromatic nitrogens is 2. The molecule has 2 aromatic heterocycles. The van der Waals surface area contributed by atoms with Gasteiger partial charge in [-0.3, -0.25) is 4.79 Å². The molecule has 1 aliphatic rings. The summed E-state index contributed by atoms with van der Waals surface area (Å²) in [5.74, 6) is 0. The van der Waals surface area contributed by atoms with Crippen molar-refractivity contribution >= 4 is 22.6 Å². The summed E-state index contributed by atoms with van der Waals surface area (Å²) in [4.78, 5) is 18.8. The average molecular weight is 235 g/mol. The van der Waals surface area contributed by atoms with E-state index in [-0.39, 0.29) is 5.56 Å². The summed E-state index contributed by atoms with van der Waals surface area (Å²) < 4.78 is 0. The van der Waals surface area contributed by atoms with E-state index in [1.54, 1.807) is 12.3 Å². The van der Waals surface area contributed by atoms with E-state index in [9.17, 15) is 4.79 Å². The Kier molecular flexibility index (Phi) is 2.21. The zero-order chi connectivity index (χ0) is 11.1. The fourth-order valence-corrected chi connectivity index (χ4v) is 2.69. The molecule has 82 valence electrons. The first-order valence-electron chi connectivity index (χ1n) is 5.45. The Bertz CT molecular complexity index is 618. The van der Waals surface area contributed by atoms with Crippen LogP contribution < -0.4 is 5.56 Å². The minimum atomic E-state index is -0.00281. The minimum absolute atomic E-state index is 0.00281. The molecular formula is C12H11ClN2O. The Balaban J connectivity index is 2.48. The normalized spacial score (nSPS) is 15.1. The number of hydrogen-bond acceptors (Lipinski definition) is 2. The molecule has 0 saturated heterocycles. The van der Waals surface area contributed by atoms with Crippen LogP contribution in [0.25, 0.3) is 11.0 Å². The Labute approximate surface area is 97.5 Å². The van der Waals surface area contributed by atoms with Crippen LogP contribution in [0.1, 0.15) is 24.0 Å². The highest BCUT2D eigenvalue weighted by molar-refractivity contribution is 6.35. The summed E-state index contributed by atoms with van der Waals surface area (Å²) in [5, 5.41) is 1.61. The summed E-state index contributed by atoms with van der Waals surface area (Å²) in [7, 11) is 0. The lowest BCUT2D eigenvalue weighted by atomic mass is 9.91. The zero-order valence-corrected chi connectivity index (χ0v) is 9.47. The van der Waals surface area contributed by atoms with Crippen LogP contribution in [0.5, 0.6) is 0 Å². The number of rotatable bonds is 0. The van der Waals surface area contributed by atoms with Crippen LogP contribution in [-0.4, -0.2) is 9.97 Å². The van der Waals surface area contributed by atoms with E-state index in [0.717, 1.165) is 42.2 Å². The highest BCUT2D eigenvalue weighted by Crippen LogP contribution is 2.29. The van der Waals surface area contributed by atoms with Gasteiger partial charge in [-0.2, -0.15) is 0 Å². The molecule has 0 bridgehead atoms. The van der Waals surface area contributed by atoms with Crippen molar-refractivity contribution in [3.05, 3.63) is 38.8 Å². The second-order valence-electron chi connectivity index (χ2n) is 4.13. The number of H-pyrrole nitrogens is 1. The Morgan fingerprint density at radius 1 is 1.25 bits per heavy atom. The van der Waals surface area contributed by atoms with Crippen molar-refractivity contribution < 1.29 is 0 Å². The highest BCUT2D eigenvalue weighted by atomic mass is 35.5. The molecule has 16 heavy (non-hydrogen) atoms. The maximum Gasteiger partial charge on any atom is 0.253 e. The van der Waals surface area contributed by atoms with Gasteiger partial charge < -0.3 is 4.98 Å². The van der Waals surface area contributed by atoms with Crippen molar-refractivity contribution in [1.29, 1.82) is 0 Å². The minimum Gasteiger partial charge on any atom is -0.306 e. The monoisotopic (exact) mass is 234 g/mol. The predicted octanol–water partition coefficient (Wildman–Crippen LogP) is 2.46. The van der Waals surface area contributed by atoms with Gasteiger partial charge in [0.15, 0.2) is 0 Å². The SMILES string of the molecule is O=c1[nH]c2nccc(Cl)c2c2c1CCCC2. The van der Waals surface area contributed by atoms with E-state index in [4.69, 9.17) is 11.6 Å². The lowest BCUT2D eigenvalue weighted by Crippen LogP contribution is -2.19. The lowest BCUT2D eigenvalue weighted by Gasteiger charge is -2.16. The molecule has 0 aromatic carbocycles. The number of fused-ring (bicyclic) bond motifs is 3. The van der Waals surface area contributed by atoms with Crippen molar-refractivity contribution in [1.82, 2.24) is 9.97 Å². The lowest BCUT2D eigenvalue weighted by molar-refractivity contribution is 0.682. The van der Waals surface area contributed by atoms with E-state index in [2.05, 4.69) is 9.97 Å². The first-order valence-corrected chi connectivity index (χ1v) is 5.83. The van der Waals surface area contributed by atoms with Gasteiger partial charge in [0, 0.05) is 17.1 Å². The fourth-order valence-electron chi connectivity index (χ4n) is 2.43. The first kappa shape index (κ1) is 9.85. The molecule has 0 amide bonds. The van der Waals surface area contributed by atoms with E-state index in [1.807, 2.05) is 0 Å². The molecule has 1 aliphatic carbocycles. The van der Waals surface area contributed by atoms with Gasteiger partial charge in [-0.15, -0.1) is 0 Å². The topological polar surface area (TPSA) is 45.8 Å². The molecule has 2 aromatic rings. The third kappa shape index (κ3) is 1.35. The standard InChI is InChI=1S/C12H11ClN2O/c13-9-5-6-14-11-10(9)7-3-1-2-4-8(7)12(16)15-11/h5-6H,1-4H2,(H,14,15,16). The number of halogens is 1. The van der Waals surface area contributed by atoms with Gasteiger partial charge in [0.2, 0.25) is 0 Å². The molecule has 0 unspecified atom stereocenters. The number of nitrogens with one attached hydrogen (secondary N) is 1. The third-order valence-electron chi connectivity index (χ3n) is 3.18. The van der Waals surface area contributed by atoms with Crippen LogP contribution >= 0.6 is 11.6 Å². The van der Waals surface area contributed by atoms with Crippen molar-refractivity contribution in [2.75, 3.05) is 0 Å². The van der Waals surface area contributed by atoms with Crippen LogP contribution in [0, 0.1) is 0 Å². The Morgan fingerprint density at radius 2 is 2.00 bits per heavy atom. The molecule has 2 heterocycles. The van der Waals surface area contributed by atoms with Gasteiger partial charge in [-0.1, -0.05) is 11.6 Å². The summed E-state index contributed by atoms with van der Waals surface area (Å²) in [6.07, 6.45) is 5.61. The van der Waals surface area contributed by atoms with Gasteiger partial charge in [0.1, 0.15) is 5.65 Å². The van der Waals surface area contributed by atoms with Gasteiger partial charge in [0.25, 0.3) is 5.56 Å². The summed E-state index contributed by atoms with van der Waals surface area (Å²) >= 11 is 6.18. The predicted molar refractivity (Wildman–Crippen MR) is 64.0 cm³/mol. The molecular weight excluding hydrogens is 224 g/mol. The van der Waals surface area contributed by atoms with Crippen LogP contribution in [0.3, 0.4) is 0 Å². The number of aryl methyl sites for hydroxylation is 1. The fraction of sp³-hybridized carbons (Fsp3) is 0.333. The van der Waals surface area contributed by atoms with Crippen LogP contribution in [-0.2, 0) is 12.8 Å². The second-order valence-corrected chi connectivity index (χ2v) is 4.54. The molecule has 0 saturated carbocycles. The van der Waals surface area contributed by atoms with Crippen molar-refractivity contribution in [3.63, 3.8) is 0 Å². The van der Waals surface area contributed by atoms with E-state index in [0.29, 0.717) is 10.7 Å². The van der Waals surface area contributed by atoms with Gasteiger partial charge in [-0.05, 0) is 37.3 Å². The zero-order valence-electron chi connectivity index (χ0n) is 8.72. The first-order chi connectivity index (χ1) is 7.77. The van der Waals surface area contributed by atoms with E-state index < -0.39 is 0 Å². The summed E-state index contributed by atoms with van der Waals surface area (Å²) in [6, 6.07) is 1.77. The summed E-state index contributed by atoms with van der Waals surface area (Å²) in [6.45, 7) is 0. The van der Waals surface area contributed by atoms with Crippen molar-refractivity contribution in [3.8, 4) is 0 Å². The Morgan fingerprint density at radius 3 is 2.81 bits per heavy atom. The van der Waals surface area contributed by atoms with Crippen LogP contribution in [0.15, 0.2) is 17.1 Å². The largest absolute Gasteiger partial charge is 0.306 e. The molecule has 3 nitrogen and oxygen atoms in total. The third-order valence-corrected chi connectivity index (χ3v) is 3.49. The Hall–Kier alpha value is -1.35. The van der Waals surface area contributed by atoms with Gasteiger partial charge >= 0.3 is 0 Å². The average Bonchev–Trinajstić information content (AvgIpc) is 2.29. The maximum atomic E-state index is 11.9. The number of pyridine rings is 2. The van der Waals surface area contributed by atoms with E-state index in [1.165, 1.54) is 0 Å². The molecule has 0 radical (unpaired) electrons. The van der Waals surface area contributed by atoms with Gasteiger partial charge in [-0.25, -0.2) is 4.98 Å². The smallest absolute Gasteiger partial charge is 0.253 e. The van der Waals surface area contributed by atoms with Crippen LogP contribution in [0.4, 0.5) is 0 Å². The van der Waals surface area contributed by atoms with E-state index >= 15 is 0 Å². The molecule has 1 N–H and O–H groups in total. The molecule has 0 spiro atoms. The second kappa shape index (κ2) is 3.59. The van der Waals surface area contributed by atoms with Crippen LogP contribution in [0.2, 0.25) is 5.02 Å². The molecule has 0 fully saturated rings. The molecule has 4 heteroatoms. The van der Waals surface area contributed by atoms with Gasteiger partial charge in [0.05, 0.1) is 5.02 Å². The quantitative estimate of drug-likeness (QED) is 0.761. The summed E-state index contributed by atoms with van der Waals surface area (Å²) in [5.41, 5.74) is 2.60. The number of nitrogens with zero attached hydrogens (tertiary/aromatic N) is 1. The number of hydrogen-bond donors (Lipinski definition) is 1. The number of aromatic amines is 1.